The van der Waals surface area contributed by atoms with Gasteiger partial charge in [0.05, 0.1) is 11.2 Å². The van der Waals surface area contributed by atoms with E-state index in [1.165, 1.54) is 0 Å². The van der Waals surface area contributed by atoms with Gasteiger partial charge in [0.2, 0.25) is 5.91 Å². The number of rotatable bonds is 3. The van der Waals surface area contributed by atoms with Gasteiger partial charge in [-0.3, -0.25) is 4.79 Å². The van der Waals surface area contributed by atoms with Gasteiger partial charge in [-0.15, -0.1) is 12.4 Å². The molecule has 132 valence electrons. The number of amides is 1. The maximum Gasteiger partial charge on any atom is 0.228 e. The normalized spacial score (nSPS) is 17.2. The standard InChI is InChI=1S/C17H30N4O.ClH/c1-11(12-9-18-10-12)15(22)19-14-8-13(16(2,3)4)20-21(14)17(5,6)7;/h8,11-12,18H,9-10H2,1-7H3,(H,19,22);1H. The summed E-state index contributed by atoms with van der Waals surface area (Å²) in [7, 11) is 0. The highest BCUT2D eigenvalue weighted by Crippen LogP contribution is 2.29. The van der Waals surface area contributed by atoms with Crippen molar-refractivity contribution in [3.8, 4) is 0 Å². The van der Waals surface area contributed by atoms with Gasteiger partial charge < -0.3 is 10.6 Å². The highest BCUT2D eigenvalue weighted by Gasteiger charge is 2.31. The van der Waals surface area contributed by atoms with E-state index in [9.17, 15) is 4.79 Å². The second kappa shape index (κ2) is 6.81. The van der Waals surface area contributed by atoms with Crippen molar-refractivity contribution in [3.05, 3.63) is 11.8 Å². The van der Waals surface area contributed by atoms with E-state index in [1.807, 2.05) is 17.7 Å². The van der Waals surface area contributed by atoms with Gasteiger partial charge in [-0.1, -0.05) is 27.7 Å². The number of hydrogen-bond donors (Lipinski definition) is 2. The van der Waals surface area contributed by atoms with Gasteiger partial charge in [0, 0.05) is 17.4 Å². The summed E-state index contributed by atoms with van der Waals surface area (Å²) in [5.74, 6) is 1.33. The predicted molar refractivity (Wildman–Crippen MR) is 97.3 cm³/mol. The molecule has 2 rings (SSSR count). The van der Waals surface area contributed by atoms with E-state index in [4.69, 9.17) is 5.10 Å². The van der Waals surface area contributed by atoms with Crippen molar-refractivity contribution >= 4 is 24.1 Å². The fraction of sp³-hybridized carbons (Fsp3) is 0.765. The molecule has 0 bridgehead atoms. The lowest BCUT2D eigenvalue weighted by atomic mass is 9.88. The Bertz CT molecular complexity index is 550. The summed E-state index contributed by atoms with van der Waals surface area (Å²) in [4.78, 5) is 12.5. The van der Waals surface area contributed by atoms with Crippen LogP contribution in [0.3, 0.4) is 0 Å². The van der Waals surface area contributed by atoms with Gasteiger partial charge in [0.15, 0.2) is 0 Å². The molecule has 0 aliphatic carbocycles. The van der Waals surface area contributed by atoms with Crippen molar-refractivity contribution in [2.45, 2.75) is 59.4 Å². The van der Waals surface area contributed by atoms with Crippen LogP contribution in [0.5, 0.6) is 0 Å². The molecule has 1 aliphatic heterocycles. The minimum Gasteiger partial charge on any atom is -0.316 e. The van der Waals surface area contributed by atoms with Crippen molar-refractivity contribution in [1.82, 2.24) is 15.1 Å². The topological polar surface area (TPSA) is 59.0 Å². The minimum atomic E-state index is -0.173. The molecule has 1 aromatic rings. The smallest absolute Gasteiger partial charge is 0.228 e. The molecule has 2 heterocycles. The average molecular weight is 343 g/mol. The molecular formula is C17H31ClN4O. The summed E-state index contributed by atoms with van der Waals surface area (Å²) < 4.78 is 1.93. The molecule has 6 heteroatoms. The van der Waals surface area contributed by atoms with Crippen LogP contribution >= 0.6 is 12.4 Å². The van der Waals surface area contributed by atoms with E-state index in [0.29, 0.717) is 5.92 Å². The van der Waals surface area contributed by atoms with E-state index in [2.05, 4.69) is 52.2 Å². The number of nitrogens with one attached hydrogen (secondary N) is 2. The van der Waals surface area contributed by atoms with Crippen LogP contribution in [0.15, 0.2) is 6.07 Å². The number of nitrogens with zero attached hydrogens (tertiary/aromatic N) is 2. The van der Waals surface area contributed by atoms with E-state index < -0.39 is 0 Å². The fourth-order valence-electron chi connectivity index (χ4n) is 2.47. The molecule has 1 unspecified atom stereocenters. The molecule has 1 amide bonds. The van der Waals surface area contributed by atoms with Crippen molar-refractivity contribution in [1.29, 1.82) is 0 Å². The first-order valence-electron chi connectivity index (χ1n) is 8.13. The summed E-state index contributed by atoms with van der Waals surface area (Å²) >= 11 is 0. The zero-order chi connectivity index (χ0) is 16.7. The number of carbonyl (C=O) groups is 1. The number of halogens is 1. The molecule has 1 fully saturated rings. The van der Waals surface area contributed by atoms with Crippen molar-refractivity contribution in [3.63, 3.8) is 0 Å². The third kappa shape index (κ3) is 4.48. The molecule has 0 saturated carbocycles. The van der Waals surface area contributed by atoms with Crippen LogP contribution in [0.25, 0.3) is 0 Å². The van der Waals surface area contributed by atoms with E-state index in [0.717, 1.165) is 24.6 Å². The lowest BCUT2D eigenvalue weighted by Crippen LogP contribution is -2.48. The van der Waals surface area contributed by atoms with Crippen LogP contribution in [-0.4, -0.2) is 28.8 Å². The van der Waals surface area contributed by atoms with E-state index >= 15 is 0 Å². The molecule has 0 radical (unpaired) electrons. The molecule has 0 spiro atoms. The molecule has 5 nitrogen and oxygen atoms in total. The number of anilines is 1. The molecule has 1 aromatic heterocycles. The molecule has 1 saturated heterocycles. The second-order valence-electron chi connectivity index (χ2n) is 8.44. The Balaban J connectivity index is 0.00000264. The first-order chi connectivity index (χ1) is 10.00. The maximum atomic E-state index is 12.5. The Morgan fingerprint density at radius 3 is 2.26 bits per heavy atom. The monoisotopic (exact) mass is 342 g/mol. The first kappa shape index (κ1) is 20.0. The second-order valence-corrected chi connectivity index (χ2v) is 8.44. The lowest BCUT2D eigenvalue weighted by Gasteiger charge is -2.32. The highest BCUT2D eigenvalue weighted by molar-refractivity contribution is 5.92. The summed E-state index contributed by atoms with van der Waals surface area (Å²) in [6.45, 7) is 16.6. The largest absolute Gasteiger partial charge is 0.316 e. The molecule has 1 aliphatic rings. The Morgan fingerprint density at radius 2 is 1.87 bits per heavy atom. The molecule has 0 aromatic carbocycles. The van der Waals surface area contributed by atoms with Gasteiger partial charge in [-0.05, 0) is 39.8 Å². The van der Waals surface area contributed by atoms with E-state index in [1.54, 1.807) is 0 Å². The molecule has 1 atom stereocenters. The molecular weight excluding hydrogens is 312 g/mol. The fourth-order valence-corrected chi connectivity index (χ4v) is 2.47. The van der Waals surface area contributed by atoms with E-state index in [-0.39, 0.29) is 35.2 Å². The maximum absolute atomic E-state index is 12.5. The third-order valence-corrected chi connectivity index (χ3v) is 4.30. The summed E-state index contributed by atoms with van der Waals surface area (Å²) in [6.07, 6.45) is 0. The highest BCUT2D eigenvalue weighted by atomic mass is 35.5. The van der Waals surface area contributed by atoms with Crippen LogP contribution in [0.1, 0.15) is 54.2 Å². The Kier molecular flexibility index (Phi) is 5.92. The molecule has 23 heavy (non-hydrogen) atoms. The number of hydrogen-bond acceptors (Lipinski definition) is 3. The average Bonchev–Trinajstić information content (AvgIpc) is 2.69. The van der Waals surface area contributed by atoms with Crippen LogP contribution in [-0.2, 0) is 15.7 Å². The van der Waals surface area contributed by atoms with Gasteiger partial charge in [-0.2, -0.15) is 5.10 Å². The van der Waals surface area contributed by atoms with Crippen LogP contribution in [0, 0.1) is 11.8 Å². The van der Waals surface area contributed by atoms with Gasteiger partial charge >= 0.3 is 0 Å². The van der Waals surface area contributed by atoms with Gasteiger partial charge in [0.1, 0.15) is 5.82 Å². The Morgan fingerprint density at radius 1 is 1.30 bits per heavy atom. The van der Waals surface area contributed by atoms with Crippen molar-refractivity contribution < 1.29 is 4.79 Å². The minimum absolute atomic E-state index is 0. The predicted octanol–water partition coefficient (Wildman–Crippen LogP) is 3.15. The van der Waals surface area contributed by atoms with Crippen molar-refractivity contribution in [2.24, 2.45) is 11.8 Å². The lowest BCUT2D eigenvalue weighted by molar-refractivity contribution is -0.121. The Hall–Kier alpha value is -1.07. The zero-order valence-electron chi connectivity index (χ0n) is 15.4. The van der Waals surface area contributed by atoms with Crippen molar-refractivity contribution in [2.75, 3.05) is 18.4 Å². The summed E-state index contributed by atoms with van der Waals surface area (Å²) in [5.41, 5.74) is 0.781. The third-order valence-electron chi connectivity index (χ3n) is 4.30. The first-order valence-corrected chi connectivity index (χ1v) is 8.13. The zero-order valence-corrected chi connectivity index (χ0v) is 16.2. The molecule has 2 N–H and O–H groups in total. The quantitative estimate of drug-likeness (QED) is 0.887. The number of carbonyl (C=O) groups excluding carboxylic acids is 1. The number of aromatic nitrogens is 2. The van der Waals surface area contributed by atoms with Crippen LogP contribution in [0.2, 0.25) is 0 Å². The Labute approximate surface area is 146 Å². The van der Waals surface area contributed by atoms with Crippen LogP contribution < -0.4 is 10.6 Å². The van der Waals surface area contributed by atoms with Gasteiger partial charge in [-0.25, -0.2) is 4.68 Å². The SMILES string of the molecule is CC(C(=O)Nc1cc(C(C)(C)C)nn1C(C)(C)C)C1CNC1.Cl. The summed E-state index contributed by atoms with van der Waals surface area (Å²) in [5, 5.41) is 11.0. The van der Waals surface area contributed by atoms with Crippen LogP contribution in [0.4, 0.5) is 5.82 Å². The van der Waals surface area contributed by atoms with Gasteiger partial charge in [0.25, 0.3) is 0 Å². The summed E-state index contributed by atoms with van der Waals surface area (Å²) in [6, 6.07) is 2.01.